The molecule has 5 nitrogen and oxygen atoms in total. The molecule has 1 aliphatic rings. The summed E-state index contributed by atoms with van der Waals surface area (Å²) < 4.78 is 1.10. The zero-order valence-electron chi connectivity index (χ0n) is 12.6. The lowest BCUT2D eigenvalue weighted by molar-refractivity contribution is 0.102. The molecule has 2 aromatic heterocycles. The number of thiophene rings is 1. The van der Waals surface area contributed by atoms with Crippen molar-refractivity contribution < 1.29 is 4.79 Å². The summed E-state index contributed by atoms with van der Waals surface area (Å²) in [6.45, 7) is 2.01. The maximum Gasteiger partial charge on any atom is 0.273 e. The van der Waals surface area contributed by atoms with Crippen molar-refractivity contribution in [3.63, 3.8) is 0 Å². The first-order valence-electron chi connectivity index (χ1n) is 7.84. The number of nitrogens with zero attached hydrogens (tertiary/aromatic N) is 1. The van der Waals surface area contributed by atoms with E-state index in [1.807, 2.05) is 23.6 Å². The Balaban J connectivity index is 1.53. The van der Waals surface area contributed by atoms with E-state index in [2.05, 4.69) is 26.7 Å². The summed E-state index contributed by atoms with van der Waals surface area (Å²) in [6, 6.07) is 7.99. The number of rotatable bonds is 3. The van der Waals surface area contributed by atoms with E-state index < -0.39 is 0 Å². The van der Waals surface area contributed by atoms with E-state index in [0.29, 0.717) is 11.6 Å². The predicted molar refractivity (Wildman–Crippen MR) is 93.2 cm³/mol. The summed E-state index contributed by atoms with van der Waals surface area (Å²) >= 11 is 1.63. The smallest absolute Gasteiger partial charge is 0.273 e. The molecule has 3 N–H and O–H groups in total. The molecule has 1 aromatic carbocycles. The van der Waals surface area contributed by atoms with Gasteiger partial charge in [0.05, 0.1) is 16.6 Å². The first kappa shape index (κ1) is 14.4. The van der Waals surface area contributed by atoms with Crippen molar-refractivity contribution in [3.8, 4) is 0 Å². The minimum atomic E-state index is -0.140. The molecule has 118 valence electrons. The molecule has 1 aliphatic heterocycles. The van der Waals surface area contributed by atoms with Crippen molar-refractivity contribution in [2.45, 2.75) is 18.8 Å². The lowest BCUT2D eigenvalue weighted by atomic mass is 9.98. The number of carbonyl (C=O) groups excluding carboxylic acids is 1. The monoisotopic (exact) mass is 326 g/mol. The molecule has 1 amide bonds. The van der Waals surface area contributed by atoms with Gasteiger partial charge in [0, 0.05) is 5.92 Å². The average molecular weight is 326 g/mol. The Labute approximate surface area is 138 Å². The van der Waals surface area contributed by atoms with Crippen molar-refractivity contribution in [1.82, 2.24) is 15.3 Å². The second kappa shape index (κ2) is 6.14. The Morgan fingerprint density at radius 1 is 1.26 bits per heavy atom. The average Bonchev–Trinajstić information content (AvgIpc) is 3.25. The summed E-state index contributed by atoms with van der Waals surface area (Å²) in [6.07, 6.45) is 3.76. The van der Waals surface area contributed by atoms with Gasteiger partial charge < -0.3 is 15.6 Å². The fourth-order valence-corrected chi connectivity index (χ4v) is 3.90. The minimum absolute atomic E-state index is 0.140. The van der Waals surface area contributed by atoms with E-state index in [-0.39, 0.29) is 5.91 Å². The van der Waals surface area contributed by atoms with E-state index in [0.717, 1.165) is 47.5 Å². The van der Waals surface area contributed by atoms with Gasteiger partial charge >= 0.3 is 0 Å². The zero-order valence-corrected chi connectivity index (χ0v) is 13.5. The number of H-pyrrole nitrogens is 1. The molecule has 0 unspecified atom stereocenters. The highest BCUT2D eigenvalue weighted by Gasteiger charge is 2.20. The number of hydrogen-bond acceptors (Lipinski definition) is 4. The number of imidazole rings is 1. The Bertz CT molecular complexity index is 832. The van der Waals surface area contributed by atoms with Crippen LogP contribution in [0.4, 0.5) is 5.69 Å². The van der Waals surface area contributed by atoms with E-state index >= 15 is 0 Å². The van der Waals surface area contributed by atoms with Gasteiger partial charge in [0.15, 0.2) is 0 Å². The van der Waals surface area contributed by atoms with Crippen molar-refractivity contribution in [2.75, 3.05) is 18.4 Å². The van der Waals surface area contributed by atoms with Gasteiger partial charge in [-0.3, -0.25) is 4.79 Å². The number of anilines is 1. The van der Waals surface area contributed by atoms with Gasteiger partial charge in [-0.05, 0) is 48.8 Å². The fourth-order valence-electron chi connectivity index (χ4n) is 3.04. The molecule has 23 heavy (non-hydrogen) atoms. The van der Waals surface area contributed by atoms with E-state index in [1.165, 1.54) is 0 Å². The highest BCUT2D eigenvalue weighted by Crippen LogP contribution is 2.29. The Hall–Kier alpha value is -2.18. The summed E-state index contributed by atoms with van der Waals surface area (Å²) in [5.41, 5.74) is 1.37. The summed E-state index contributed by atoms with van der Waals surface area (Å²) in [4.78, 5) is 20.1. The SMILES string of the molecule is O=C(Nc1cccc2ccsc12)c1cnc(C2CCNCC2)[nH]1. The molecule has 1 fully saturated rings. The quantitative estimate of drug-likeness (QED) is 0.691. The van der Waals surface area contributed by atoms with E-state index in [9.17, 15) is 4.79 Å². The van der Waals surface area contributed by atoms with Gasteiger partial charge in [-0.25, -0.2) is 4.98 Å². The molecule has 0 bridgehead atoms. The number of nitrogens with one attached hydrogen (secondary N) is 3. The number of fused-ring (bicyclic) bond motifs is 1. The van der Waals surface area contributed by atoms with E-state index in [4.69, 9.17) is 0 Å². The van der Waals surface area contributed by atoms with Crippen molar-refractivity contribution in [2.24, 2.45) is 0 Å². The van der Waals surface area contributed by atoms with Gasteiger partial charge in [-0.1, -0.05) is 12.1 Å². The van der Waals surface area contributed by atoms with Crippen molar-refractivity contribution >= 4 is 33.0 Å². The molecular weight excluding hydrogens is 308 g/mol. The molecule has 0 aliphatic carbocycles. The molecule has 1 saturated heterocycles. The Morgan fingerprint density at radius 3 is 3.00 bits per heavy atom. The van der Waals surface area contributed by atoms with Crippen LogP contribution in [0, 0.1) is 0 Å². The lowest BCUT2D eigenvalue weighted by Crippen LogP contribution is -2.27. The minimum Gasteiger partial charge on any atom is -0.338 e. The summed E-state index contributed by atoms with van der Waals surface area (Å²) in [7, 11) is 0. The molecular formula is C17H18N4OS. The molecule has 4 rings (SSSR count). The van der Waals surface area contributed by atoms with Gasteiger partial charge in [0.2, 0.25) is 0 Å². The lowest BCUT2D eigenvalue weighted by Gasteiger charge is -2.20. The van der Waals surface area contributed by atoms with Crippen LogP contribution in [0.15, 0.2) is 35.8 Å². The van der Waals surface area contributed by atoms with Gasteiger partial charge in [-0.2, -0.15) is 0 Å². The topological polar surface area (TPSA) is 69.8 Å². The predicted octanol–water partition coefficient (Wildman–Crippen LogP) is 3.34. The number of piperidine rings is 1. The van der Waals surface area contributed by atoms with E-state index in [1.54, 1.807) is 17.5 Å². The van der Waals surface area contributed by atoms with Crippen molar-refractivity contribution in [1.29, 1.82) is 0 Å². The Kier molecular flexibility index (Phi) is 3.85. The third kappa shape index (κ3) is 2.87. The molecule has 0 spiro atoms. The standard InChI is InChI=1S/C17H18N4OS/c22-17(21-13-3-1-2-11-6-9-23-15(11)13)14-10-19-16(20-14)12-4-7-18-8-5-12/h1-3,6,9-10,12,18H,4-5,7-8H2,(H,19,20)(H,21,22). The third-order valence-electron chi connectivity index (χ3n) is 4.29. The fraction of sp³-hybridized carbons (Fsp3) is 0.294. The van der Waals surface area contributed by atoms with Crippen LogP contribution in [0.5, 0.6) is 0 Å². The zero-order chi connectivity index (χ0) is 15.6. The van der Waals surface area contributed by atoms with Crippen LogP contribution in [0.2, 0.25) is 0 Å². The number of hydrogen-bond donors (Lipinski definition) is 3. The van der Waals surface area contributed by atoms with Gasteiger partial charge in [0.1, 0.15) is 11.5 Å². The second-order valence-electron chi connectivity index (χ2n) is 5.81. The van der Waals surface area contributed by atoms with Crippen molar-refractivity contribution in [3.05, 3.63) is 47.4 Å². The number of benzene rings is 1. The molecule has 6 heteroatoms. The number of carbonyl (C=O) groups is 1. The highest BCUT2D eigenvalue weighted by molar-refractivity contribution is 7.17. The third-order valence-corrected chi connectivity index (χ3v) is 5.26. The number of aromatic amines is 1. The highest BCUT2D eigenvalue weighted by atomic mass is 32.1. The molecule has 3 heterocycles. The number of amides is 1. The molecule has 0 radical (unpaired) electrons. The second-order valence-corrected chi connectivity index (χ2v) is 6.72. The Morgan fingerprint density at radius 2 is 2.13 bits per heavy atom. The summed E-state index contributed by atoms with van der Waals surface area (Å²) in [5, 5.41) is 9.51. The number of aromatic nitrogens is 2. The van der Waals surface area contributed by atoms with Crippen LogP contribution in [-0.2, 0) is 0 Å². The first-order chi connectivity index (χ1) is 11.3. The van der Waals surface area contributed by atoms with Crippen LogP contribution in [0.1, 0.15) is 35.1 Å². The molecule has 3 aromatic rings. The van der Waals surface area contributed by atoms with Crippen LogP contribution >= 0.6 is 11.3 Å². The maximum absolute atomic E-state index is 12.5. The summed E-state index contributed by atoms with van der Waals surface area (Å²) in [5.74, 6) is 1.20. The van der Waals surface area contributed by atoms with Gasteiger partial charge in [-0.15, -0.1) is 11.3 Å². The van der Waals surface area contributed by atoms with Crippen LogP contribution < -0.4 is 10.6 Å². The molecule has 0 saturated carbocycles. The van der Waals surface area contributed by atoms with Crippen LogP contribution in [-0.4, -0.2) is 29.0 Å². The normalized spacial score (nSPS) is 15.8. The molecule has 0 atom stereocenters. The first-order valence-corrected chi connectivity index (χ1v) is 8.72. The van der Waals surface area contributed by atoms with Crippen LogP contribution in [0.25, 0.3) is 10.1 Å². The largest absolute Gasteiger partial charge is 0.338 e. The van der Waals surface area contributed by atoms with Crippen LogP contribution in [0.3, 0.4) is 0 Å². The maximum atomic E-state index is 12.5. The van der Waals surface area contributed by atoms with Gasteiger partial charge in [0.25, 0.3) is 5.91 Å².